The number of hydrogen-bond donors (Lipinski definition) is 1. The third-order valence-corrected chi connectivity index (χ3v) is 4.15. The van der Waals surface area contributed by atoms with Gasteiger partial charge in [-0.15, -0.1) is 0 Å². The number of carbonyl (C=O) groups excluding carboxylic acids is 1. The van der Waals surface area contributed by atoms with Crippen LogP contribution >= 0.6 is 0 Å². The van der Waals surface area contributed by atoms with E-state index < -0.39 is 0 Å². The van der Waals surface area contributed by atoms with Crippen molar-refractivity contribution in [1.82, 2.24) is 15.3 Å². The fraction of sp³-hybridized carbons (Fsp3) is 0.500. The summed E-state index contributed by atoms with van der Waals surface area (Å²) in [7, 11) is 0. The molecule has 1 aliphatic rings. The molecule has 7 nitrogen and oxygen atoms in total. The lowest BCUT2D eigenvalue weighted by Gasteiger charge is -2.31. The molecule has 1 saturated heterocycles. The lowest BCUT2D eigenvalue weighted by molar-refractivity contribution is -0.123. The molecule has 134 valence electrons. The predicted molar refractivity (Wildman–Crippen MR) is 93.4 cm³/mol. The van der Waals surface area contributed by atoms with Crippen molar-refractivity contribution < 1.29 is 13.9 Å². The molecule has 0 unspecified atom stereocenters. The van der Waals surface area contributed by atoms with Crippen molar-refractivity contribution in [2.24, 2.45) is 5.92 Å². The number of anilines is 1. The molecule has 0 radical (unpaired) electrons. The number of carbonyl (C=O) groups is 1. The highest BCUT2D eigenvalue weighted by Crippen LogP contribution is 2.22. The van der Waals surface area contributed by atoms with Gasteiger partial charge in [0.25, 0.3) is 5.91 Å². The molecule has 1 N–H and O–H groups in total. The molecule has 0 spiro atoms. The van der Waals surface area contributed by atoms with Crippen LogP contribution < -0.4 is 15.0 Å². The fourth-order valence-corrected chi connectivity index (χ4v) is 2.90. The van der Waals surface area contributed by atoms with Crippen LogP contribution in [0.1, 0.15) is 31.2 Å². The summed E-state index contributed by atoms with van der Waals surface area (Å²) in [6.45, 7) is 6.30. The third-order valence-electron chi connectivity index (χ3n) is 4.15. The lowest BCUT2D eigenvalue weighted by Crippen LogP contribution is -2.35. The Labute approximate surface area is 147 Å². The molecule has 1 fully saturated rings. The molecule has 3 rings (SSSR count). The zero-order valence-corrected chi connectivity index (χ0v) is 14.7. The average molecular weight is 344 g/mol. The van der Waals surface area contributed by atoms with Gasteiger partial charge in [-0.05, 0) is 37.8 Å². The second kappa shape index (κ2) is 8.00. The van der Waals surface area contributed by atoms with Crippen LogP contribution in [-0.2, 0) is 11.3 Å². The summed E-state index contributed by atoms with van der Waals surface area (Å²) >= 11 is 0. The summed E-state index contributed by atoms with van der Waals surface area (Å²) in [5.74, 6) is 2.22. The van der Waals surface area contributed by atoms with Crippen LogP contribution in [0.2, 0.25) is 0 Å². The number of aryl methyl sites for hydroxylation is 1. The van der Waals surface area contributed by atoms with E-state index >= 15 is 0 Å². The standard InChI is InChI=1S/C18H24N4O3/c1-13-5-3-7-22(11-13)18-20-14(2)9-17(21-18)25-12-16(23)19-10-15-6-4-8-24-15/h4,6,8-9,13H,3,5,7,10-12H2,1-2H3,(H,19,23)/t13-/m0/s1. The minimum Gasteiger partial charge on any atom is -0.467 e. The van der Waals surface area contributed by atoms with Crippen molar-refractivity contribution in [3.05, 3.63) is 35.9 Å². The van der Waals surface area contributed by atoms with Crippen molar-refractivity contribution >= 4 is 11.9 Å². The molecule has 2 aromatic rings. The van der Waals surface area contributed by atoms with Crippen molar-refractivity contribution in [3.8, 4) is 5.88 Å². The van der Waals surface area contributed by atoms with Gasteiger partial charge in [-0.3, -0.25) is 4.79 Å². The minimum atomic E-state index is -0.221. The normalized spacial score (nSPS) is 17.4. The van der Waals surface area contributed by atoms with Crippen LogP contribution in [0.3, 0.4) is 0 Å². The highest BCUT2D eigenvalue weighted by molar-refractivity contribution is 5.77. The largest absolute Gasteiger partial charge is 0.467 e. The first-order valence-electron chi connectivity index (χ1n) is 8.62. The summed E-state index contributed by atoms with van der Waals surface area (Å²) in [6, 6.07) is 5.34. The first-order chi connectivity index (χ1) is 12.1. The molecule has 0 bridgehead atoms. The topological polar surface area (TPSA) is 80.5 Å². The number of aromatic nitrogens is 2. The third kappa shape index (κ3) is 4.95. The number of hydrogen-bond acceptors (Lipinski definition) is 6. The van der Waals surface area contributed by atoms with Crippen molar-refractivity contribution in [1.29, 1.82) is 0 Å². The van der Waals surface area contributed by atoms with E-state index in [-0.39, 0.29) is 12.5 Å². The van der Waals surface area contributed by atoms with Gasteiger partial charge in [-0.25, -0.2) is 4.98 Å². The smallest absolute Gasteiger partial charge is 0.258 e. The monoisotopic (exact) mass is 344 g/mol. The Morgan fingerprint density at radius 1 is 1.48 bits per heavy atom. The lowest BCUT2D eigenvalue weighted by atomic mass is 10.0. The molecule has 0 saturated carbocycles. The van der Waals surface area contributed by atoms with Crippen molar-refractivity contribution in [2.75, 3.05) is 24.6 Å². The molecule has 2 aromatic heterocycles. The van der Waals surface area contributed by atoms with Gasteiger partial charge in [0.2, 0.25) is 11.8 Å². The Balaban J connectivity index is 1.55. The molecule has 1 amide bonds. The van der Waals surface area contributed by atoms with E-state index in [2.05, 4.69) is 27.1 Å². The van der Waals surface area contributed by atoms with E-state index in [1.807, 2.05) is 6.92 Å². The molecule has 0 aliphatic carbocycles. The number of amides is 1. The quantitative estimate of drug-likeness (QED) is 0.866. The second-order valence-electron chi connectivity index (χ2n) is 6.49. The minimum absolute atomic E-state index is 0.0903. The number of rotatable bonds is 6. The van der Waals surface area contributed by atoms with Crippen LogP contribution in [0.15, 0.2) is 28.9 Å². The number of ether oxygens (including phenoxy) is 1. The van der Waals surface area contributed by atoms with Gasteiger partial charge < -0.3 is 19.4 Å². The van der Waals surface area contributed by atoms with E-state index in [9.17, 15) is 4.79 Å². The van der Waals surface area contributed by atoms with E-state index in [0.717, 1.165) is 25.2 Å². The van der Waals surface area contributed by atoms with Crippen LogP contribution in [-0.4, -0.2) is 35.6 Å². The first kappa shape index (κ1) is 17.3. The van der Waals surface area contributed by atoms with Gasteiger partial charge >= 0.3 is 0 Å². The van der Waals surface area contributed by atoms with E-state index in [1.54, 1.807) is 24.5 Å². The van der Waals surface area contributed by atoms with Crippen molar-refractivity contribution in [3.63, 3.8) is 0 Å². The molecular formula is C18H24N4O3. The summed E-state index contributed by atoms with van der Waals surface area (Å²) in [5, 5.41) is 2.74. The molecule has 7 heteroatoms. The van der Waals surface area contributed by atoms with E-state index in [1.165, 1.54) is 6.42 Å². The number of piperidine rings is 1. The van der Waals surface area contributed by atoms with Gasteiger partial charge in [0.05, 0.1) is 12.8 Å². The highest BCUT2D eigenvalue weighted by atomic mass is 16.5. The molecule has 0 aromatic carbocycles. The van der Waals surface area contributed by atoms with Gasteiger partial charge in [-0.1, -0.05) is 6.92 Å². The molecule has 25 heavy (non-hydrogen) atoms. The molecule has 1 atom stereocenters. The Hall–Kier alpha value is -2.57. The maximum Gasteiger partial charge on any atom is 0.258 e. The Morgan fingerprint density at radius 2 is 2.36 bits per heavy atom. The molecule has 1 aliphatic heterocycles. The zero-order chi connectivity index (χ0) is 17.6. The van der Waals surface area contributed by atoms with Crippen LogP contribution in [0.4, 0.5) is 5.95 Å². The Bertz CT molecular complexity index is 702. The fourth-order valence-electron chi connectivity index (χ4n) is 2.90. The van der Waals surface area contributed by atoms with Crippen LogP contribution in [0.5, 0.6) is 5.88 Å². The van der Waals surface area contributed by atoms with Gasteiger partial charge in [0, 0.05) is 24.8 Å². The maximum absolute atomic E-state index is 11.9. The van der Waals surface area contributed by atoms with E-state index in [0.29, 0.717) is 30.1 Å². The number of nitrogens with zero attached hydrogens (tertiary/aromatic N) is 3. The van der Waals surface area contributed by atoms with Gasteiger partial charge in [0.15, 0.2) is 6.61 Å². The van der Waals surface area contributed by atoms with Gasteiger partial charge in [-0.2, -0.15) is 4.98 Å². The van der Waals surface area contributed by atoms with Crippen LogP contribution in [0.25, 0.3) is 0 Å². The number of nitrogens with one attached hydrogen (secondary N) is 1. The first-order valence-corrected chi connectivity index (χ1v) is 8.62. The summed E-state index contributed by atoms with van der Waals surface area (Å²) in [5.41, 5.74) is 0.828. The summed E-state index contributed by atoms with van der Waals surface area (Å²) < 4.78 is 10.7. The highest BCUT2D eigenvalue weighted by Gasteiger charge is 2.19. The molecule has 3 heterocycles. The Morgan fingerprint density at radius 3 is 3.12 bits per heavy atom. The predicted octanol–water partition coefficient (Wildman–Crippen LogP) is 2.31. The Kier molecular flexibility index (Phi) is 5.53. The van der Waals surface area contributed by atoms with Gasteiger partial charge in [0.1, 0.15) is 5.76 Å². The van der Waals surface area contributed by atoms with E-state index in [4.69, 9.17) is 9.15 Å². The number of furan rings is 1. The van der Waals surface area contributed by atoms with Crippen molar-refractivity contribution in [2.45, 2.75) is 33.2 Å². The zero-order valence-electron chi connectivity index (χ0n) is 14.7. The second-order valence-corrected chi connectivity index (χ2v) is 6.49. The maximum atomic E-state index is 11.9. The van der Waals surface area contributed by atoms with Crippen LogP contribution in [0, 0.1) is 12.8 Å². The average Bonchev–Trinajstić information content (AvgIpc) is 3.11. The molecular weight excluding hydrogens is 320 g/mol. The summed E-state index contributed by atoms with van der Waals surface area (Å²) in [4.78, 5) is 23.1. The summed E-state index contributed by atoms with van der Waals surface area (Å²) in [6.07, 6.45) is 3.95. The SMILES string of the molecule is Cc1cc(OCC(=O)NCc2ccco2)nc(N2CCC[C@H](C)C2)n1.